The van der Waals surface area contributed by atoms with Crippen molar-refractivity contribution in [2.75, 3.05) is 6.61 Å². The maximum atomic E-state index is 12.0. The van der Waals surface area contributed by atoms with Crippen LogP contribution in [0.1, 0.15) is 17.2 Å². The van der Waals surface area contributed by atoms with E-state index in [0.29, 0.717) is 0 Å². The van der Waals surface area contributed by atoms with E-state index in [0.717, 1.165) is 5.56 Å². The SMILES string of the molecule is Cc1ccc(S(=O)(=O)OCC(O)c2cccc([N+](=O)[O-])c2)cc1. The Bertz CT molecular complexity index is 801. The highest BCUT2D eigenvalue weighted by Gasteiger charge is 2.19. The van der Waals surface area contributed by atoms with Crippen molar-refractivity contribution in [3.63, 3.8) is 0 Å². The number of nitro groups is 1. The standard InChI is InChI=1S/C15H15NO6S/c1-11-5-7-14(8-6-11)23(20,21)22-10-15(17)12-3-2-4-13(9-12)16(18)19/h2-9,15,17H,10H2,1H3. The first kappa shape index (κ1) is 17.1. The van der Waals surface area contributed by atoms with Crippen LogP contribution in [0.5, 0.6) is 0 Å². The van der Waals surface area contributed by atoms with Gasteiger partial charge in [-0.2, -0.15) is 8.42 Å². The molecule has 1 N–H and O–H groups in total. The van der Waals surface area contributed by atoms with Crippen molar-refractivity contribution in [1.29, 1.82) is 0 Å². The van der Waals surface area contributed by atoms with Gasteiger partial charge >= 0.3 is 0 Å². The van der Waals surface area contributed by atoms with Crippen LogP contribution in [0.2, 0.25) is 0 Å². The van der Waals surface area contributed by atoms with E-state index < -0.39 is 27.8 Å². The lowest BCUT2D eigenvalue weighted by Crippen LogP contribution is -2.13. The molecule has 0 aliphatic rings. The molecule has 0 saturated carbocycles. The number of aliphatic hydroxyl groups is 1. The minimum absolute atomic E-state index is 0.0191. The minimum Gasteiger partial charge on any atom is -0.386 e. The molecule has 2 rings (SSSR count). The van der Waals surface area contributed by atoms with E-state index in [1.165, 1.54) is 36.4 Å². The zero-order valence-corrected chi connectivity index (χ0v) is 13.1. The zero-order chi connectivity index (χ0) is 17.0. The highest BCUT2D eigenvalue weighted by Crippen LogP contribution is 2.21. The van der Waals surface area contributed by atoms with Gasteiger partial charge in [-0.3, -0.25) is 14.3 Å². The summed E-state index contributed by atoms with van der Waals surface area (Å²) in [5.74, 6) is 0. The number of non-ortho nitro benzene ring substituents is 1. The predicted molar refractivity (Wildman–Crippen MR) is 82.4 cm³/mol. The molecule has 0 aliphatic carbocycles. The number of aryl methyl sites for hydroxylation is 1. The molecule has 7 nitrogen and oxygen atoms in total. The molecule has 0 saturated heterocycles. The maximum absolute atomic E-state index is 12.0. The highest BCUT2D eigenvalue weighted by atomic mass is 32.2. The molecule has 0 fully saturated rings. The van der Waals surface area contributed by atoms with Gasteiger partial charge in [0.05, 0.1) is 16.4 Å². The summed E-state index contributed by atoms with van der Waals surface area (Å²) in [5, 5.41) is 20.7. The number of rotatable bonds is 6. The molecular formula is C15H15NO6S. The van der Waals surface area contributed by atoms with E-state index >= 15 is 0 Å². The maximum Gasteiger partial charge on any atom is 0.297 e. The number of aliphatic hydroxyl groups excluding tert-OH is 1. The van der Waals surface area contributed by atoms with Gasteiger partial charge in [-0.1, -0.05) is 29.8 Å². The Kier molecular flexibility index (Phi) is 5.09. The second kappa shape index (κ2) is 6.86. The molecule has 0 aliphatic heterocycles. The lowest BCUT2D eigenvalue weighted by atomic mass is 10.1. The predicted octanol–water partition coefficient (Wildman–Crippen LogP) is 2.34. The minimum atomic E-state index is -4.00. The van der Waals surface area contributed by atoms with E-state index in [2.05, 4.69) is 0 Å². The number of hydrogen-bond acceptors (Lipinski definition) is 6. The van der Waals surface area contributed by atoms with Gasteiger partial charge in [0.1, 0.15) is 6.10 Å². The van der Waals surface area contributed by atoms with Crippen molar-refractivity contribution < 1.29 is 22.6 Å². The van der Waals surface area contributed by atoms with Crippen LogP contribution < -0.4 is 0 Å². The average molecular weight is 337 g/mol. The molecule has 1 atom stereocenters. The van der Waals surface area contributed by atoms with E-state index in [9.17, 15) is 23.6 Å². The van der Waals surface area contributed by atoms with E-state index in [-0.39, 0.29) is 16.1 Å². The first-order valence-corrected chi connectivity index (χ1v) is 8.09. The van der Waals surface area contributed by atoms with Gasteiger partial charge in [0, 0.05) is 12.1 Å². The molecule has 1 unspecified atom stereocenters. The first-order chi connectivity index (χ1) is 10.8. The summed E-state index contributed by atoms with van der Waals surface area (Å²) in [4.78, 5) is 10.1. The van der Waals surface area contributed by atoms with Gasteiger partial charge < -0.3 is 5.11 Å². The van der Waals surface area contributed by atoms with Crippen LogP contribution in [0.3, 0.4) is 0 Å². The van der Waals surface area contributed by atoms with Gasteiger partial charge in [0.15, 0.2) is 0 Å². The van der Waals surface area contributed by atoms with Gasteiger partial charge in [0.25, 0.3) is 15.8 Å². The fourth-order valence-electron chi connectivity index (χ4n) is 1.87. The van der Waals surface area contributed by atoms with Crippen molar-refractivity contribution in [3.05, 3.63) is 69.8 Å². The topological polar surface area (TPSA) is 107 Å². The van der Waals surface area contributed by atoms with Crippen LogP contribution >= 0.6 is 0 Å². The van der Waals surface area contributed by atoms with Crippen molar-refractivity contribution in [2.45, 2.75) is 17.9 Å². The molecule has 2 aromatic carbocycles. The van der Waals surface area contributed by atoms with Crippen molar-refractivity contribution in [3.8, 4) is 0 Å². The van der Waals surface area contributed by atoms with E-state index in [1.807, 2.05) is 6.92 Å². The summed E-state index contributed by atoms with van der Waals surface area (Å²) in [6.07, 6.45) is -1.30. The Morgan fingerprint density at radius 3 is 2.48 bits per heavy atom. The van der Waals surface area contributed by atoms with Gasteiger partial charge in [-0.05, 0) is 24.6 Å². The van der Waals surface area contributed by atoms with Crippen LogP contribution in [0.15, 0.2) is 53.4 Å². The Balaban J connectivity index is 2.09. The second-order valence-electron chi connectivity index (χ2n) is 4.92. The quantitative estimate of drug-likeness (QED) is 0.492. The largest absolute Gasteiger partial charge is 0.386 e. The number of nitrogens with zero attached hydrogens (tertiary/aromatic N) is 1. The molecule has 23 heavy (non-hydrogen) atoms. The third kappa shape index (κ3) is 4.35. The Morgan fingerprint density at radius 2 is 1.87 bits per heavy atom. The fourth-order valence-corrected chi connectivity index (χ4v) is 2.78. The average Bonchev–Trinajstić information content (AvgIpc) is 2.53. The Morgan fingerprint density at radius 1 is 1.22 bits per heavy atom. The fraction of sp³-hybridized carbons (Fsp3) is 0.200. The van der Waals surface area contributed by atoms with Crippen molar-refractivity contribution in [1.82, 2.24) is 0 Å². The summed E-state index contributed by atoms with van der Waals surface area (Å²) in [7, 11) is -4.00. The second-order valence-corrected chi connectivity index (χ2v) is 6.53. The monoisotopic (exact) mass is 337 g/mol. The summed E-state index contributed by atoms with van der Waals surface area (Å²) in [5.41, 5.74) is 0.918. The van der Waals surface area contributed by atoms with Gasteiger partial charge in [0.2, 0.25) is 0 Å². The molecule has 0 spiro atoms. The van der Waals surface area contributed by atoms with Crippen LogP contribution in [-0.4, -0.2) is 25.1 Å². The number of nitro benzene ring substituents is 1. The third-order valence-electron chi connectivity index (χ3n) is 3.16. The number of benzene rings is 2. The molecule has 0 amide bonds. The first-order valence-electron chi connectivity index (χ1n) is 6.68. The van der Waals surface area contributed by atoms with Gasteiger partial charge in [-0.15, -0.1) is 0 Å². The normalized spacial score (nSPS) is 12.8. The zero-order valence-electron chi connectivity index (χ0n) is 12.2. The molecule has 0 heterocycles. The molecule has 0 aromatic heterocycles. The summed E-state index contributed by atoms with van der Waals surface area (Å²) in [6.45, 7) is 1.29. The summed E-state index contributed by atoms with van der Waals surface area (Å²) >= 11 is 0. The molecule has 122 valence electrons. The van der Waals surface area contributed by atoms with E-state index in [1.54, 1.807) is 12.1 Å². The molecule has 8 heteroatoms. The highest BCUT2D eigenvalue weighted by molar-refractivity contribution is 7.86. The lowest BCUT2D eigenvalue weighted by Gasteiger charge is -2.11. The Labute approximate surface area is 133 Å². The smallest absolute Gasteiger partial charge is 0.297 e. The van der Waals surface area contributed by atoms with Gasteiger partial charge in [-0.25, -0.2) is 0 Å². The molecule has 2 aromatic rings. The van der Waals surface area contributed by atoms with Crippen LogP contribution in [0.25, 0.3) is 0 Å². The molecular weight excluding hydrogens is 322 g/mol. The Hall–Kier alpha value is -2.29. The number of hydrogen-bond donors (Lipinski definition) is 1. The van der Waals surface area contributed by atoms with Crippen LogP contribution in [-0.2, 0) is 14.3 Å². The van der Waals surface area contributed by atoms with E-state index in [4.69, 9.17) is 4.18 Å². The molecule has 0 radical (unpaired) electrons. The van der Waals surface area contributed by atoms with Crippen molar-refractivity contribution >= 4 is 15.8 Å². The summed E-state index contributed by atoms with van der Waals surface area (Å²) in [6, 6.07) is 11.4. The molecule has 0 bridgehead atoms. The van der Waals surface area contributed by atoms with Crippen LogP contribution in [0.4, 0.5) is 5.69 Å². The van der Waals surface area contributed by atoms with Crippen LogP contribution in [0, 0.1) is 17.0 Å². The summed E-state index contributed by atoms with van der Waals surface area (Å²) < 4.78 is 28.8. The lowest BCUT2D eigenvalue weighted by molar-refractivity contribution is -0.385. The van der Waals surface area contributed by atoms with Crippen molar-refractivity contribution in [2.24, 2.45) is 0 Å². The third-order valence-corrected chi connectivity index (χ3v) is 4.45.